The van der Waals surface area contributed by atoms with Crippen LogP contribution in [0.5, 0.6) is 0 Å². The first-order chi connectivity index (χ1) is 14.8. The second-order valence-corrected chi connectivity index (χ2v) is 6.58. The van der Waals surface area contributed by atoms with E-state index >= 15 is 0 Å². The molecule has 0 radical (unpaired) electrons. The van der Waals surface area contributed by atoms with E-state index in [4.69, 9.17) is 9.31 Å². The van der Waals surface area contributed by atoms with Gasteiger partial charge in [0, 0.05) is 28.8 Å². The third-order valence-corrected chi connectivity index (χ3v) is 4.46. The Balaban J connectivity index is 0.00000289. The van der Waals surface area contributed by atoms with E-state index in [2.05, 4.69) is 37.2 Å². The van der Waals surface area contributed by atoms with Crippen molar-refractivity contribution < 1.29 is 23.8 Å². The summed E-state index contributed by atoms with van der Waals surface area (Å²) >= 11 is 0. The molecule has 0 saturated carbocycles. The molecular formula is C21H14N8Pt. The summed E-state index contributed by atoms with van der Waals surface area (Å²) < 4.78 is 18.0. The fourth-order valence-electron chi connectivity index (χ4n) is 2.85. The Morgan fingerprint density at radius 1 is 1.03 bits per heavy atom. The summed E-state index contributed by atoms with van der Waals surface area (Å²) in [6, 6.07) is 12.7. The molecule has 0 aliphatic heterocycles. The largest absolute Gasteiger partial charge is 2.00 e. The van der Waals surface area contributed by atoms with E-state index in [1.54, 1.807) is 24.3 Å². The molecule has 0 N–H and O–H groups in total. The predicted molar refractivity (Wildman–Crippen MR) is 103 cm³/mol. The van der Waals surface area contributed by atoms with E-state index in [1.165, 1.54) is 9.13 Å². The van der Waals surface area contributed by atoms with Crippen molar-refractivity contribution in [3.8, 4) is 17.7 Å². The van der Waals surface area contributed by atoms with Crippen molar-refractivity contribution >= 4 is 5.95 Å². The molecule has 9 heteroatoms. The average molecular weight is 575 g/mol. The Hall–Kier alpha value is -3.61. The molecule has 4 heterocycles. The van der Waals surface area contributed by atoms with Crippen molar-refractivity contribution in [2.45, 2.75) is 19.3 Å². The van der Waals surface area contributed by atoms with Crippen LogP contribution in [-0.4, -0.2) is 29.1 Å². The molecule has 0 saturated heterocycles. The van der Waals surface area contributed by atoms with Crippen LogP contribution in [0.15, 0.2) is 48.7 Å². The standard InChI is InChI=1S/C21H14N8.Pt/c1-21(2,15-6-4-8-17(26-15)28-12-10-24-19(28)14-22)16-7-5-9-18(27-16)29-13-11-25-20(29)23-3;/h4-11H,1-2H3;/q-2;+2/i10D,11D;. The van der Waals surface area contributed by atoms with Crippen LogP contribution in [0.4, 0.5) is 5.95 Å². The van der Waals surface area contributed by atoms with Crippen LogP contribution in [0.2, 0.25) is 0 Å². The van der Waals surface area contributed by atoms with Gasteiger partial charge in [-0.1, -0.05) is 30.5 Å². The van der Waals surface area contributed by atoms with Gasteiger partial charge in [0.25, 0.3) is 0 Å². The van der Waals surface area contributed by atoms with Gasteiger partial charge in [0.15, 0.2) is 0 Å². The fraction of sp³-hybridized carbons (Fsp3) is 0.143. The summed E-state index contributed by atoms with van der Waals surface area (Å²) in [5, 5.41) is 9.26. The molecule has 0 fully saturated rings. The second kappa shape index (κ2) is 8.40. The third kappa shape index (κ3) is 3.66. The van der Waals surface area contributed by atoms with Gasteiger partial charge in [0.2, 0.25) is 0 Å². The third-order valence-electron chi connectivity index (χ3n) is 4.46. The first-order valence-corrected chi connectivity index (χ1v) is 8.54. The molecule has 4 aromatic heterocycles. The van der Waals surface area contributed by atoms with E-state index < -0.39 is 5.41 Å². The first kappa shape index (κ1) is 18.4. The maximum absolute atomic E-state index is 9.26. The molecule has 4 rings (SSSR count). The molecule has 0 atom stereocenters. The summed E-state index contributed by atoms with van der Waals surface area (Å²) in [5.74, 6) is 0.883. The number of pyridine rings is 2. The fourth-order valence-corrected chi connectivity index (χ4v) is 2.85. The molecule has 0 amide bonds. The van der Waals surface area contributed by atoms with Crippen LogP contribution in [0.3, 0.4) is 0 Å². The molecular weight excluding hydrogens is 559 g/mol. The molecule has 0 unspecified atom stereocenters. The molecule has 0 aliphatic carbocycles. The SMILES string of the molecule is [2H]c1[c-]n(-c2cccc(C(C)(C)c3cccc(-n4[c-]c([2H])nc4[N+]#[C-])n3)n2)c(C#N)n1.[Pt+2]. The van der Waals surface area contributed by atoms with Crippen LogP contribution in [0.1, 0.15) is 33.8 Å². The van der Waals surface area contributed by atoms with Crippen LogP contribution in [0.25, 0.3) is 16.5 Å². The van der Waals surface area contributed by atoms with Gasteiger partial charge in [-0.2, -0.15) is 4.98 Å². The van der Waals surface area contributed by atoms with Crippen LogP contribution < -0.4 is 0 Å². The molecule has 0 aliphatic rings. The van der Waals surface area contributed by atoms with Gasteiger partial charge in [0.1, 0.15) is 5.82 Å². The molecule has 30 heavy (non-hydrogen) atoms. The normalized spacial score (nSPS) is 11.6. The van der Waals surface area contributed by atoms with Crippen molar-refractivity contribution in [1.29, 1.82) is 5.26 Å². The first-order valence-electron chi connectivity index (χ1n) is 9.54. The van der Waals surface area contributed by atoms with Gasteiger partial charge in [-0.25, -0.2) is 5.26 Å². The van der Waals surface area contributed by atoms with E-state index in [9.17, 15) is 5.26 Å². The van der Waals surface area contributed by atoms with Gasteiger partial charge >= 0.3 is 27.0 Å². The Kier molecular flexibility index (Phi) is 5.16. The molecule has 148 valence electrons. The van der Waals surface area contributed by atoms with Gasteiger partial charge in [-0.3, -0.25) is 9.97 Å². The molecule has 0 bridgehead atoms. The minimum Gasteiger partial charge on any atom is -0.438 e. The zero-order chi connectivity index (χ0) is 22.2. The average Bonchev–Trinajstić information content (AvgIpc) is 3.35. The molecule has 8 nitrogen and oxygen atoms in total. The van der Waals surface area contributed by atoms with E-state index in [0.29, 0.717) is 23.0 Å². The smallest absolute Gasteiger partial charge is 0.438 e. The zero-order valence-electron chi connectivity index (χ0n) is 17.9. The summed E-state index contributed by atoms with van der Waals surface area (Å²) in [6.07, 6.45) is 5.11. The maximum atomic E-state index is 9.26. The van der Waals surface area contributed by atoms with E-state index in [1.807, 2.05) is 32.0 Å². The van der Waals surface area contributed by atoms with Crippen molar-refractivity contribution in [3.05, 3.63) is 89.8 Å². The molecule has 0 aromatic carbocycles. The van der Waals surface area contributed by atoms with Gasteiger partial charge < -0.3 is 19.0 Å². The Morgan fingerprint density at radius 3 is 2.20 bits per heavy atom. The van der Waals surface area contributed by atoms with Gasteiger partial charge in [-0.05, 0) is 32.2 Å². The maximum Gasteiger partial charge on any atom is 2.00 e. The molecule has 0 spiro atoms. The number of imidazole rings is 2. The van der Waals surface area contributed by atoms with Crippen molar-refractivity contribution in [3.63, 3.8) is 0 Å². The minimum absolute atomic E-state index is 0. The van der Waals surface area contributed by atoms with Crippen molar-refractivity contribution in [1.82, 2.24) is 29.1 Å². The second-order valence-electron chi connectivity index (χ2n) is 6.58. The number of hydrogen-bond donors (Lipinski definition) is 0. The molecule has 4 aromatic rings. The van der Waals surface area contributed by atoms with Crippen LogP contribution in [-0.2, 0) is 26.5 Å². The minimum atomic E-state index is -0.647. The van der Waals surface area contributed by atoms with Gasteiger partial charge in [-0.15, -0.1) is 6.57 Å². The number of nitrogens with zero attached hydrogens (tertiary/aromatic N) is 8. The number of rotatable bonds is 4. The van der Waals surface area contributed by atoms with Gasteiger partial charge in [0.05, 0.1) is 20.8 Å². The Labute approximate surface area is 190 Å². The summed E-state index contributed by atoms with van der Waals surface area (Å²) in [6.45, 7) is 11.2. The topological polar surface area (TPSA) is 89.6 Å². The van der Waals surface area contributed by atoms with Crippen LogP contribution in [0, 0.1) is 30.3 Å². The Morgan fingerprint density at radius 2 is 1.60 bits per heavy atom. The predicted octanol–water partition coefficient (Wildman–Crippen LogP) is 3.19. The van der Waals surface area contributed by atoms with Crippen molar-refractivity contribution in [2.75, 3.05) is 0 Å². The summed E-state index contributed by atoms with van der Waals surface area (Å²) in [5.41, 5.74) is 0.704. The number of aromatic nitrogens is 6. The zero-order valence-corrected chi connectivity index (χ0v) is 18.1. The van der Waals surface area contributed by atoms with E-state index in [-0.39, 0.29) is 45.2 Å². The summed E-state index contributed by atoms with van der Waals surface area (Å²) in [7, 11) is 0. The van der Waals surface area contributed by atoms with Crippen LogP contribution >= 0.6 is 0 Å². The van der Waals surface area contributed by atoms with Crippen molar-refractivity contribution in [2.24, 2.45) is 0 Å². The summed E-state index contributed by atoms with van der Waals surface area (Å²) in [4.78, 5) is 20.3. The number of hydrogen-bond acceptors (Lipinski definition) is 5. The monoisotopic (exact) mass is 575 g/mol. The van der Waals surface area contributed by atoms with E-state index in [0.717, 1.165) is 0 Å². The quantitative estimate of drug-likeness (QED) is 0.349. The Bertz CT molecular complexity index is 1270. The number of nitriles is 1.